The highest BCUT2D eigenvalue weighted by Gasteiger charge is 2.49. The number of benzene rings is 2. The van der Waals surface area contributed by atoms with Crippen LogP contribution in [0.15, 0.2) is 42.5 Å². The van der Waals surface area contributed by atoms with Gasteiger partial charge in [0.05, 0.1) is 10.0 Å². The van der Waals surface area contributed by atoms with Crippen LogP contribution in [0.2, 0.25) is 10.0 Å². The zero-order chi connectivity index (χ0) is 22.1. The lowest BCUT2D eigenvalue weighted by Gasteiger charge is -2.22. The average Bonchev–Trinajstić information content (AvgIpc) is 2.93. The summed E-state index contributed by atoms with van der Waals surface area (Å²) in [5, 5.41) is 8.22. The Morgan fingerprint density at radius 2 is 1.83 bits per heavy atom. The van der Waals surface area contributed by atoms with Crippen molar-refractivity contribution in [2.24, 2.45) is 0 Å². The lowest BCUT2D eigenvalue weighted by molar-refractivity contribution is -0.133. The molecule has 1 unspecified atom stereocenters. The maximum absolute atomic E-state index is 12.9. The molecule has 0 bridgehead atoms. The molecule has 8 nitrogen and oxygen atoms in total. The van der Waals surface area contributed by atoms with Crippen molar-refractivity contribution >= 4 is 52.6 Å². The molecule has 1 saturated heterocycles. The van der Waals surface area contributed by atoms with Crippen LogP contribution in [0.4, 0.5) is 10.5 Å². The molecule has 1 aliphatic heterocycles. The van der Waals surface area contributed by atoms with E-state index in [1.165, 1.54) is 32.2 Å². The standard InChI is InChI=1S/C20H18Cl2N4O4/c1-20(12-6-7-14(21)15(22)9-12)18(29)26(19(30)25-20)10-16(27)24-13-5-3-4-11(8-13)17(28)23-2/h3-9H,10H2,1-2H3,(H,23,28)(H,24,27)(H,25,30). The fraction of sp³-hybridized carbons (Fsp3) is 0.200. The molecule has 5 amide bonds. The van der Waals surface area contributed by atoms with Gasteiger partial charge >= 0.3 is 6.03 Å². The monoisotopic (exact) mass is 448 g/mol. The number of rotatable bonds is 5. The van der Waals surface area contributed by atoms with Gasteiger partial charge in [-0.1, -0.05) is 35.3 Å². The zero-order valence-corrected chi connectivity index (χ0v) is 17.6. The highest BCUT2D eigenvalue weighted by Crippen LogP contribution is 2.33. The topological polar surface area (TPSA) is 108 Å². The summed E-state index contributed by atoms with van der Waals surface area (Å²) < 4.78 is 0. The predicted octanol–water partition coefficient (Wildman–Crippen LogP) is 2.76. The normalized spacial score (nSPS) is 18.2. The first kappa shape index (κ1) is 21.6. The molecule has 1 heterocycles. The second kappa shape index (κ2) is 8.33. The number of halogens is 2. The van der Waals surface area contributed by atoms with E-state index in [0.717, 1.165) is 4.90 Å². The van der Waals surface area contributed by atoms with E-state index in [2.05, 4.69) is 16.0 Å². The summed E-state index contributed by atoms with van der Waals surface area (Å²) in [6.45, 7) is 1.03. The van der Waals surface area contributed by atoms with Crippen LogP contribution in [0.1, 0.15) is 22.8 Å². The van der Waals surface area contributed by atoms with E-state index in [1.54, 1.807) is 24.3 Å². The third-order valence-electron chi connectivity index (χ3n) is 4.71. The van der Waals surface area contributed by atoms with E-state index in [0.29, 0.717) is 21.8 Å². The summed E-state index contributed by atoms with van der Waals surface area (Å²) in [5.74, 6) is -1.50. The van der Waals surface area contributed by atoms with Gasteiger partial charge in [-0.15, -0.1) is 0 Å². The van der Waals surface area contributed by atoms with Crippen molar-refractivity contribution < 1.29 is 19.2 Å². The number of carbonyl (C=O) groups is 4. The minimum absolute atomic E-state index is 0.240. The number of nitrogens with one attached hydrogen (secondary N) is 3. The quantitative estimate of drug-likeness (QED) is 0.611. The van der Waals surface area contributed by atoms with Crippen LogP contribution in [0, 0.1) is 0 Å². The molecule has 3 N–H and O–H groups in total. The average molecular weight is 449 g/mol. The number of hydrogen-bond acceptors (Lipinski definition) is 4. The molecule has 1 atom stereocenters. The van der Waals surface area contributed by atoms with E-state index >= 15 is 0 Å². The van der Waals surface area contributed by atoms with Crippen LogP contribution in [0.5, 0.6) is 0 Å². The maximum Gasteiger partial charge on any atom is 0.325 e. The summed E-state index contributed by atoms with van der Waals surface area (Å²) in [6, 6.07) is 10.2. The number of imide groups is 1. The summed E-state index contributed by atoms with van der Waals surface area (Å²) in [5.41, 5.74) is -0.223. The molecule has 10 heteroatoms. The Morgan fingerprint density at radius 3 is 2.50 bits per heavy atom. The van der Waals surface area contributed by atoms with Gasteiger partial charge in [0.25, 0.3) is 11.8 Å². The Morgan fingerprint density at radius 1 is 1.10 bits per heavy atom. The second-order valence-electron chi connectivity index (χ2n) is 6.78. The molecule has 1 aliphatic rings. The largest absolute Gasteiger partial charge is 0.355 e. The second-order valence-corrected chi connectivity index (χ2v) is 7.60. The first-order valence-electron chi connectivity index (χ1n) is 8.87. The van der Waals surface area contributed by atoms with Crippen molar-refractivity contribution in [3.8, 4) is 0 Å². The van der Waals surface area contributed by atoms with Gasteiger partial charge in [0, 0.05) is 18.3 Å². The number of anilines is 1. The molecular weight excluding hydrogens is 431 g/mol. The Hall–Kier alpha value is -3.10. The molecule has 0 spiro atoms. The first-order chi connectivity index (χ1) is 14.2. The van der Waals surface area contributed by atoms with Gasteiger partial charge in [-0.2, -0.15) is 0 Å². The summed E-state index contributed by atoms with van der Waals surface area (Å²) >= 11 is 12.0. The van der Waals surface area contributed by atoms with Crippen molar-refractivity contribution in [2.45, 2.75) is 12.5 Å². The van der Waals surface area contributed by atoms with Gasteiger partial charge < -0.3 is 16.0 Å². The predicted molar refractivity (Wildman–Crippen MR) is 113 cm³/mol. The third-order valence-corrected chi connectivity index (χ3v) is 5.45. The van der Waals surface area contributed by atoms with Crippen molar-refractivity contribution in [3.05, 3.63) is 63.6 Å². The molecule has 2 aromatic rings. The van der Waals surface area contributed by atoms with Crippen LogP contribution in [-0.4, -0.2) is 42.2 Å². The molecule has 0 aromatic heterocycles. The van der Waals surface area contributed by atoms with E-state index in [4.69, 9.17) is 23.2 Å². The van der Waals surface area contributed by atoms with E-state index in [1.807, 2.05) is 0 Å². The van der Waals surface area contributed by atoms with Gasteiger partial charge in [0.1, 0.15) is 12.1 Å². The number of nitrogens with zero attached hydrogens (tertiary/aromatic N) is 1. The maximum atomic E-state index is 12.9. The Kier molecular flexibility index (Phi) is 6.00. The number of hydrogen-bond donors (Lipinski definition) is 3. The van der Waals surface area contributed by atoms with Crippen LogP contribution < -0.4 is 16.0 Å². The Bertz CT molecular complexity index is 1060. The van der Waals surface area contributed by atoms with Gasteiger partial charge in [-0.25, -0.2) is 4.79 Å². The number of urea groups is 1. The molecule has 0 radical (unpaired) electrons. The molecule has 1 fully saturated rings. The third kappa shape index (κ3) is 4.10. The minimum atomic E-state index is -1.38. The molecule has 2 aromatic carbocycles. The Labute approximate surface area is 182 Å². The fourth-order valence-electron chi connectivity index (χ4n) is 3.07. The summed E-state index contributed by atoms with van der Waals surface area (Å²) in [4.78, 5) is 50.3. The number of carbonyl (C=O) groups excluding carboxylic acids is 4. The molecule has 156 valence electrons. The SMILES string of the molecule is CNC(=O)c1cccc(NC(=O)CN2C(=O)NC(C)(c3ccc(Cl)c(Cl)c3)C2=O)c1. The van der Waals surface area contributed by atoms with Gasteiger partial charge in [0.2, 0.25) is 5.91 Å². The highest BCUT2D eigenvalue weighted by molar-refractivity contribution is 6.42. The van der Waals surface area contributed by atoms with Gasteiger partial charge in [0.15, 0.2) is 0 Å². The lowest BCUT2D eigenvalue weighted by atomic mass is 9.92. The van der Waals surface area contributed by atoms with Crippen molar-refractivity contribution in [1.29, 1.82) is 0 Å². The van der Waals surface area contributed by atoms with Gasteiger partial charge in [-0.05, 0) is 42.8 Å². The molecule has 0 aliphatic carbocycles. The smallest absolute Gasteiger partial charge is 0.325 e. The molecule has 30 heavy (non-hydrogen) atoms. The number of amides is 5. The summed E-state index contributed by atoms with van der Waals surface area (Å²) in [6.07, 6.45) is 0. The van der Waals surface area contributed by atoms with Crippen molar-refractivity contribution in [1.82, 2.24) is 15.5 Å². The zero-order valence-electron chi connectivity index (χ0n) is 16.1. The van der Waals surface area contributed by atoms with Gasteiger partial charge in [-0.3, -0.25) is 19.3 Å². The summed E-state index contributed by atoms with van der Waals surface area (Å²) in [7, 11) is 1.50. The van der Waals surface area contributed by atoms with Crippen LogP contribution in [0.3, 0.4) is 0 Å². The van der Waals surface area contributed by atoms with Crippen LogP contribution in [0.25, 0.3) is 0 Å². The van der Waals surface area contributed by atoms with Crippen LogP contribution >= 0.6 is 23.2 Å². The van der Waals surface area contributed by atoms with E-state index < -0.39 is 29.9 Å². The van der Waals surface area contributed by atoms with Crippen LogP contribution in [-0.2, 0) is 15.1 Å². The fourth-order valence-corrected chi connectivity index (χ4v) is 3.37. The highest BCUT2D eigenvalue weighted by atomic mass is 35.5. The minimum Gasteiger partial charge on any atom is -0.355 e. The molecular formula is C20H18Cl2N4O4. The first-order valence-corrected chi connectivity index (χ1v) is 9.63. The van der Waals surface area contributed by atoms with E-state index in [-0.39, 0.29) is 10.9 Å². The Balaban J connectivity index is 1.75. The van der Waals surface area contributed by atoms with E-state index in [9.17, 15) is 19.2 Å². The molecule has 0 saturated carbocycles. The van der Waals surface area contributed by atoms with Crippen molar-refractivity contribution in [3.63, 3.8) is 0 Å². The lowest BCUT2D eigenvalue weighted by Crippen LogP contribution is -2.42. The van der Waals surface area contributed by atoms with Crippen molar-refractivity contribution in [2.75, 3.05) is 18.9 Å². The molecule has 3 rings (SSSR count).